The third-order valence-corrected chi connectivity index (χ3v) is 13.4. The maximum absolute atomic E-state index is 14.8. The fourth-order valence-electron chi connectivity index (χ4n) is 9.07. The summed E-state index contributed by atoms with van der Waals surface area (Å²) >= 11 is 0. The second-order valence-electron chi connectivity index (χ2n) is 17.8. The van der Waals surface area contributed by atoms with Crippen molar-refractivity contribution in [3.63, 3.8) is 0 Å². The predicted octanol–water partition coefficient (Wildman–Crippen LogP) is 4.13. The van der Waals surface area contributed by atoms with Crippen molar-refractivity contribution in [3.8, 4) is 11.5 Å². The number of aromatic hydroxyl groups is 1. The molecule has 1 saturated heterocycles. The molecule has 7 rings (SSSR count). The Labute approximate surface area is 364 Å². The van der Waals surface area contributed by atoms with E-state index in [2.05, 4.69) is 15.1 Å². The average Bonchev–Trinajstić information content (AvgIpc) is 3.86. The van der Waals surface area contributed by atoms with Crippen LogP contribution in [0, 0.1) is 30.6 Å². The van der Waals surface area contributed by atoms with Crippen molar-refractivity contribution in [3.05, 3.63) is 79.5 Å². The lowest BCUT2D eigenvalue weighted by atomic mass is 9.78. The smallest absolute Gasteiger partial charge is 0.307 e. The summed E-state index contributed by atoms with van der Waals surface area (Å²) in [7, 11) is 5.44. The zero-order valence-corrected chi connectivity index (χ0v) is 37.3. The third kappa shape index (κ3) is 7.92. The van der Waals surface area contributed by atoms with Crippen LogP contribution >= 0.6 is 0 Å². The Morgan fingerprint density at radius 1 is 0.937 bits per heavy atom. The van der Waals surface area contributed by atoms with E-state index >= 15 is 0 Å². The molecule has 0 radical (unpaired) electrons. The van der Waals surface area contributed by atoms with Gasteiger partial charge in [-0.3, -0.25) is 14.4 Å². The van der Waals surface area contributed by atoms with Crippen LogP contribution in [0.25, 0.3) is 38.7 Å². The molecule has 4 aromatic rings. The van der Waals surface area contributed by atoms with Crippen LogP contribution in [0.15, 0.2) is 62.3 Å². The molecule has 0 saturated carbocycles. The van der Waals surface area contributed by atoms with Crippen molar-refractivity contribution in [1.82, 2.24) is 9.88 Å². The second kappa shape index (κ2) is 17.2. The molecule has 0 unspecified atom stereocenters. The van der Waals surface area contributed by atoms with Crippen LogP contribution in [0.3, 0.4) is 0 Å². The summed E-state index contributed by atoms with van der Waals surface area (Å²) in [4.78, 5) is 51.6. The van der Waals surface area contributed by atoms with E-state index in [9.17, 15) is 39.9 Å². The molecule has 4 heterocycles. The van der Waals surface area contributed by atoms with Gasteiger partial charge in [0.15, 0.2) is 22.4 Å². The largest absolute Gasteiger partial charge is 0.507 e. The number of hydrogen-bond acceptors (Lipinski definition) is 15. The van der Waals surface area contributed by atoms with Gasteiger partial charge in [-0.15, -0.1) is 0 Å². The quantitative estimate of drug-likeness (QED) is 0.126. The van der Waals surface area contributed by atoms with E-state index in [0.29, 0.717) is 18.8 Å². The third-order valence-electron chi connectivity index (χ3n) is 13.4. The van der Waals surface area contributed by atoms with Crippen LogP contribution in [0.5, 0.6) is 11.5 Å². The van der Waals surface area contributed by atoms with Gasteiger partial charge in [0.05, 0.1) is 41.3 Å². The van der Waals surface area contributed by atoms with Gasteiger partial charge in [-0.2, -0.15) is 0 Å². The molecule has 0 aliphatic carbocycles. The molecule has 4 bridgehead atoms. The van der Waals surface area contributed by atoms with Crippen LogP contribution < -0.4 is 31.0 Å². The van der Waals surface area contributed by atoms with Crippen molar-refractivity contribution < 1.29 is 49.0 Å². The minimum Gasteiger partial charge on any atom is -0.507 e. The molecule has 10 atom stereocenters. The number of ether oxygens (including phenoxy) is 3. The molecule has 16 heteroatoms. The van der Waals surface area contributed by atoms with E-state index in [1.807, 2.05) is 14.1 Å². The molecule has 1 amide bonds. The lowest BCUT2D eigenvalue weighted by molar-refractivity contribution is -0.112. The number of rotatable bonds is 3. The summed E-state index contributed by atoms with van der Waals surface area (Å²) in [5.41, 5.74) is -1.29. The zero-order valence-electron chi connectivity index (χ0n) is 37.3. The summed E-state index contributed by atoms with van der Waals surface area (Å²) in [6.45, 7) is 12.7. The number of aliphatic hydroxyl groups excluding tert-OH is 4. The first kappa shape index (κ1) is 45.5. The molecule has 6 N–H and O–H groups in total. The summed E-state index contributed by atoms with van der Waals surface area (Å²) in [6.07, 6.45) is 4.36. The fourth-order valence-corrected chi connectivity index (χ4v) is 9.07. The Balaban J connectivity index is 1.48. The van der Waals surface area contributed by atoms with E-state index < -0.39 is 82.1 Å². The first-order valence-corrected chi connectivity index (χ1v) is 21.3. The van der Waals surface area contributed by atoms with Gasteiger partial charge in [-0.25, -0.2) is 4.98 Å². The molecule has 3 aromatic carbocycles. The number of carbonyl (C=O) groups excluding carboxylic acids is 1. The highest BCUT2D eigenvalue weighted by Crippen LogP contribution is 2.42. The van der Waals surface area contributed by atoms with Crippen LogP contribution in [-0.4, -0.2) is 112 Å². The van der Waals surface area contributed by atoms with E-state index in [-0.39, 0.29) is 66.8 Å². The molecule has 3 aliphatic rings. The molecule has 1 aromatic heterocycles. The number of likely N-dealkylation sites (N-methyl/N-ethyl adjacent to an activating group) is 1. The molecule has 0 spiro atoms. The summed E-state index contributed by atoms with van der Waals surface area (Å²) < 4.78 is 24.5. The monoisotopic (exact) mass is 870 g/mol. The Bertz CT molecular complexity index is 2750. The van der Waals surface area contributed by atoms with E-state index in [0.717, 1.165) is 6.42 Å². The molecule has 1 fully saturated rings. The van der Waals surface area contributed by atoms with Crippen LogP contribution in [-0.2, 0) is 14.3 Å². The highest BCUT2D eigenvalue weighted by molar-refractivity contribution is 6.16. The number of aliphatic hydroxyl groups is 4. The summed E-state index contributed by atoms with van der Waals surface area (Å²) in [5, 5.41) is 60.1. The van der Waals surface area contributed by atoms with Crippen LogP contribution in [0.4, 0.5) is 11.4 Å². The number of benzene rings is 3. The number of nitrogens with one attached hydrogen (secondary N) is 1. The van der Waals surface area contributed by atoms with Gasteiger partial charge in [0.2, 0.25) is 10.9 Å². The number of amides is 1. The highest BCUT2D eigenvalue weighted by atomic mass is 16.7. The molecule has 3 aliphatic heterocycles. The lowest BCUT2D eigenvalue weighted by Crippen LogP contribution is -2.44. The van der Waals surface area contributed by atoms with E-state index in [4.69, 9.17) is 23.6 Å². The maximum Gasteiger partial charge on any atom is 0.307 e. The predicted molar refractivity (Wildman–Crippen MR) is 240 cm³/mol. The van der Waals surface area contributed by atoms with Gasteiger partial charge in [-0.05, 0) is 40.4 Å². The fraction of sp³-hybridized carbons (Fsp3) is 0.489. The van der Waals surface area contributed by atoms with E-state index in [1.165, 1.54) is 52.4 Å². The number of nitrogens with zero attached hydrogens (tertiary/aromatic N) is 3. The van der Waals surface area contributed by atoms with Gasteiger partial charge in [0.25, 0.3) is 5.91 Å². The van der Waals surface area contributed by atoms with Gasteiger partial charge >= 0.3 is 5.79 Å². The Morgan fingerprint density at radius 2 is 1.62 bits per heavy atom. The second-order valence-corrected chi connectivity index (χ2v) is 17.8. The first-order chi connectivity index (χ1) is 29.7. The topological polar surface area (TPSA) is 225 Å². The zero-order chi connectivity index (χ0) is 46.0. The Hall–Kier alpha value is -5.52. The number of phenols is 1. The van der Waals surface area contributed by atoms with Gasteiger partial charge in [0, 0.05) is 91.2 Å². The van der Waals surface area contributed by atoms with Crippen LogP contribution in [0.1, 0.15) is 53.5 Å². The Kier molecular flexibility index (Phi) is 12.4. The van der Waals surface area contributed by atoms with Gasteiger partial charge < -0.3 is 59.3 Å². The molecule has 338 valence electrons. The molecular formula is C47H58N4O12. The minimum atomic E-state index is -1.95. The minimum absolute atomic E-state index is 0.0357. The van der Waals surface area contributed by atoms with Gasteiger partial charge in [0.1, 0.15) is 22.7 Å². The lowest BCUT2D eigenvalue weighted by Gasteiger charge is -2.36. The van der Waals surface area contributed by atoms with Crippen molar-refractivity contribution in [1.29, 1.82) is 0 Å². The Morgan fingerprint density at radius 3 is 2.29 bits per heavy atom. The number of phenolic OH excluding ortho intramolecular Hbond substituents is 1. The number of aromatic nitrogens is 1. The van der Waals surface area contributed by atoms with Crippen molar-refractivity contribution in [2.45, 2.75) is 91.1 Å². The number of anilines is 2. The highest BCUT2D eigenvalue weighted by Gasteiger charge is 2.44. The molecule has 63 heavy (non-hydrogen) atoms. The molecule has 16 nitrogen and oxygen atoms in total. The number of carbonyl (C=O) groups is 1. The van der Waals surface area contributed by atoms with Crippen LogP contribution in [0.2, 0.25) is 0 Å². The SMILES string of the molecule is CO[C@H]1/C=C/O[C@@]2(C)Oc3c(C)c(O)c4c(=O)c(c5oc6cc(N7CC[C@@H](N(C)C)C7)cc(=O)c6nc5c4c3=C2O)NC(=O)/C(C)=C\C=C\[C@H](C)[C@H](O)[C@@H](C)[C@@H](O)[C@@H](C)[C@H](O)[C@@H]1C. The maximum atomic E-state index is 14.8. The number of hydrogen-bond donors (Lipinski definition) is 6. The first-order valence-electron chi connectivity index (χ1n) is 21.3. The standard InChI is InChI=1S/C47H58N4O12/c1-21-12-11-13-22(2)46(59)49-37-42(57)33-32(36-44(37)62-31-19-28(18-29(52)35(31)48-36)51-16-14-27(20-51)50(8)9)34-43(26(6)41(33)56)63-47(7,45(34)58)61-17-15-30(60-10)23(3)39(54)25(5)40(55)24(4)38(21)53/h11-13,15,17-19,21,23-25,27,30,38-40,53-56,58H,14,16,20H2,1-10H3,(H,49,59)/b12-11+,17-15+,22-13-/t21-,23+,24+,25-,27+,30-,38-,39+,40+,47-/m0/s1. The van der Waals surface area contributed by atoms with Crippen molar-refractivity contribution in [2.24, 2.45) is 23.7 Å². The van der Waals surface area contributed by atoms with E-state index in [1.54, 1.807) is 45.9 Å². The number of methoxy groups -OCH3 is 1. The summed E-state index contributed by atoms with van der Waals surface area (Å²) in [6, 6.07) is 3.40. The van der Waals surface area contributed by atoms with Crippen molar-refractivity contribution >= 4 is 56.0 Å². The van der Waals surface area contributed by atoms with Gasteiger partial charge in [-0.1, -0.05) is 45.9 Å². The van der Waals surface area contributed by atoms with Crippen molar-refractivity contribution in [2.75, 3.05) is 44.5 Å². The summed E-state index contributed by atoms with van der Waals surface area (Å²) in [5.74, 6) is -6.19. The average molecular weight is 871 g/mol. The normalized spacial score (nSPS) is 31.7. The number of fused-ring (bicyclic) bond motifs is 2. The number of allylic oxidation sites excluding steroid dienone is 2. The molecular weight excluding hydrogens is 813 g/mol.